The minimum atomic E-state index is -0.301. The molecule has 3 nitrogen and oxygen atoms in total. The normalized spacial score (nSPS) is 14.6. The van der Waals surface area contributed by atoms with E-state index < -0.39 is 0 Å². The highest BCUT2D eigenvalue weighted by Crippen LogP contribution is 2.45. The highest BCUT2D eigenvalue weighted by atomic mass is 19.1. The van der Waals surface area contributed by atoms with Crippen molar-refractivity contribution in [2.75, 3.05) is 7.11 Å². The summed E-state index contributed by atoms with van der Waals surface area (Å²) in [4.78, 5) is 4.70. The number of halogens is 1. The monoisotopic (exact) mass is 461 g/mol. The van der Waals surface area contributed by atoms with E-state index in [1.165, 1.54) is 24.5 Å². The molecule has 1 aliphatic rings. The van der Waals surface area contributed by atoms with Crippen LogP contribution in [0.25, 0.3) is 11.3 Å². The van der Waals surface area contributed by atoms with Gasteiger partial charge in [-0.3, -0.25) is 4.98 Å². The van der Waals surface area contributed by atoms with Crippen LogP contribution in [0.2, 0.25) is 0 Å². The van der Waals surface area contributed by atoms with Crippen molar-refractivity contribution in [3.63, 3.8) is 0 Å². The van der Waals surface area contributed by atoms with Crippen molar-refractivity contribution in [2.24, 2.45) is 11.3 Å². The van der Waals surface area contributed by atoms with Crippen LogP contribution in [-0.2, 0) is 13.0 Å². The van der Waals surface area contributed by atoms with Gasteiger partial charge in [-0.25, -0.2) is 4.39 Å². The Balaban J connectivity index is 1.58. The third-order valence-corrected chi connectivity index (χ3v) is 6.50. The molecular formula is C30H36FNO2. The number of hydrogen-bond donors (Lipinski definition) is 0. The smallest absolute Gasteiger partial charge is 0.132 e. The lowest BCUT2D eigenvalue weighted by molar-refractivity contribution is 0.304. The topological polar surface area (TPSA) is 31.4 Å². The molecule has 0 radical (unpaired) electrons. The molecule has 1 atom stereocenters. The lowest BCUT2D eigenvalue weighted by Gasteiger charge is -2.21. The van der Waals surface area contributed by atoms with Crippen molar-refractivity contribution in [1.82, 2.24) is 4.98 Å². The van der Waals surface area contributed by atoms with Crippen molar-refractivity contribution >= 4 is 0 Å². The summed E-state index contributed by atoms with van der Waals surface area (Å²) in [5.74, 6) is 2.65. The van der Waals surface area contributed by atoms with Gasteiger partial charge in [-0.2, -0.15) is 0 Å². The fourth-order valence-corrected chi connectivity index (χ4v) is 4.74. The van der Waals surface area contributed by atoms with Crippen LogP contribution in [0.1, 0.15) is 69.6 Å². The number of aromatic nitrogens is 1. The van der Waals surface area contributed by atoms with Gasteiger partial charge < -0.3 is 9.47 Å². The zero-order chi connectivity index (χ0) is 24.3. The molecule has 1 aromatic heterocycles. The third-order valence-electron chi connectivity index (χ3n) is 6.50. The van der Waals surface area contributed by atoms with Crippen LogP contribution < -0.4 is 9.47 Å². The Kier molecular flexibility index (Phi) is 7.25. The Morgan fingerprint density at radius 3 is 2.53 bits per heavy atom. The first-order valence-electron chi connectivity index (χ1n) is 12.3. The number of pyridine rings is 1. The van der Waals surface area contributed by atoms with Crippen LogP contribution in [0.4, 0.5) is 4.39 Å². The van der Waals surface area contributed by atoms with Gasteiger partial charge in [0, 0.05) is 17.3 Å². The maximum atomic E-state index is 14.7. The molecule has 1 saturated carbocycles. The Hall–Kier alpha value is -2.88. The molecule has 3 aromatic rings. The van der Waals surface area contributed by atoms with Crippen molar-refractivity contribution in [2.45, 2.75) is 65.9 Å². The quantitative estimate of drug-likeness (QED) is 0.324. The highest BCUT2D eigenvalue weighted by molar-refractivity contribution is 5.66. The van der Waals surface area contributed by atoms with Crippen molar-refractivity contribution in [1.29, 1.82) is 0 Å². The second-order valence-electron chi connectivity index (χ2n) is 10.6. The molecule has 4 rings (SSSR count). The Morgan fingerprint density at radius 1 is 1.06 bits per heavy atom. The molecule has 0 amide bonds. The second-order valence-corrected chi connectivity index (χ2v) is 10.6. The summed E-state index contributed by atoms with van der Waals surface area (Å²) < 4.78 is 26.3. The van der Waals surface area contributed by atoms with Crippen LogP contribution in [0, 0.1) is 17.2 Å². The van der Waals surface area contributed by atoms with Crippen molar-refractivity contribution in [3.8, 4) is 22.8 Å². The summed E-state index contributed by atoms with van der Waals surface area (Å²) in [5.41, 5.74) is 4.51. The van der Waals surface area contributed by atoms with Gasteiger partial charge in [0.05, 0.1) is 12.8 Å². The zero-order valence-electron chi connectivity index (χ0n) is 21.0. The number of hydrogen-bond acceptors (Lipinski definition) is 3. The summed E-state index contributed by atoms with van der Waals surface area (Å²) in [6.45, 7) is 9.23. The Labute approximate surface area is 203 Å². The standard InChI is InChI=1S/C30H36FNO2/c1-6-26(21-10-11-21)22-8-7-9-25(15-22)34-19-20-14-23(17-30(2,3)4)29(32-18-20)27-16-24(33-5)12-13-28(27)31/h7-9,12-16,18,21,26H,6,10-11,17,19H2,1-5H3. The zero-order valence-corrected chi connectivity index (χ0v) is 21.0. The largest absolute Gasteiger partial charge is 0.497 e. The molecule has 1 aliphatic carbocycles. The second kappa shape index (κ2) is 10.2. The van der Waals surface area contributed by atoms with Gasteiger partial charge in [0.2, 0.25) is 0 Å². The number of methoxy groups -OCH3 is 1. The predicted molar refractivity (Wildman–Crippen MR) is 136 cm³/mol. The SMILES string of the molecule is CCC(c1cccc(OCc2cnc(-c3cc(OC)ccc3F)c(CC(C)(C)C)c2)c1)C1CC1. The summed E-state index contributed by atoms with van der Waals surface area (Å²) in [6, 6.07) is 15.4. The molecule has 0 aliphatic heterocycles. The lowest BCUT2D eigenvalue weighted by Crippen LogP contribution is -2.12. The van der Waals surface area contributed by atoms with Crippen molar-refractivity contribution in [3.05, 3.63) is 77.2 Å². The van der Waals surface area contributed by atoms with Gasteiger partial charge >= 0.3 is 0 Å². The number of ether oxygens (including phenoxy) is 2. The molecule has 0 spiro atoms. The third kappa shape index (κ3) is 5.97. The van der Waals surface area contributed by atoms with Crippen LogP contribution in [0.3, 0.4) is 0 Å². The molecule has 180 valence electrons. The van der Waals surface area contributed by atoms with Crippen LogP contribution in [0.5, 0.6) is 11.5 Å². The van der Waals surface area contributed by atoms with E-state index in [0.29, 0.717) is 29.5 Å². The van der Waals surface area contributed by atoms with E-state index in [9.17, 15) is 4.39 Å². The van der Waals surface area contributed by atoms with E-state index in [-0.39, 0.29) is 11.2 Å². The molecule has 34 heavy (non-hydrogen) atoms. The summed E-state index contributed by atoms with van der Waals surface area (Å²) in [5, 5.41) is 0. The fourth-order valence-electron chi connectivity index (χ4n) is 4.74. The van der Waals surface area contributed by atoms with Gasteiger partial charge in [0.25, 0.3) is 0 Å². The van der Waals surface area contributed by atoms with E-state index in [0.717, 1.165) is 35.6 Å². The van der Waals surface area contributed by atoms with Crippen molar-refractivity contribution < 1.29 is 13.9 Å². The maximum Gasteiger partial charge on any atom is 0.132 e. The van der Waals surface area contributed by atoms with E-state index in [1.54, 1.807) is 25.4 Å². The van der Waals surface area contributed by atoms with Crippen LogP contribution in [0.15, 0.2) is 54.7 Å². The molecule has 0 saturated heterocycles. The molecule has 4 heteroatoms. The van der Waals surface area contributed by atoms with E-state index >= 15 is 0 Å². The predicted octanol–water partition coefficient (Wildman–Crippen LogP) is 7.97. The van der Waals surface area contributed by atoms with Gasteiger partial charge in [-0.1, -0.05) is 39.8 Å². The number of rotatable bonds is 9. The van der Waals surface area contributed by atoms with E-state index in [4.69, 9.17) is 14.5 Å². The first-order valence-corrected chi connectivity index (χ1v) is 12.3. The van der Waals surface area contributed by atoms with Gasteiger partial charge in [0.15, 0.2) is 0 Å². The van der Waals surface area contributed by atoms with Gasteiger partial charge in [-0.05, 0) is 90.5 Å². The average Bonchev–Trinajstić information content (AvgIpc) is 3.63. The summed E-state index contributed by atoms with van der Waals surface area (Å²) >= 11 is 0. The Bertz CT molecular complexity index is 1130. The molecule has 2 aromatic carbocycles. The molecule has 0 N–H and O–H groups in total. The minimum Gasteiger partial charge on any atom is -0.497 e. The van der Waals surface area contributed by atoms with E-state index in [1.807, 2.05) is 6.07 Å². The van der Waals surface area contributed by atoms with E-state index in [2.05, 4.69) is 52.0 Å². The maximum absolute atomic E-state index is 14.7. The summed E-state index contributed by atoms with van der Waals surface area (Å²) in [7, 11) is 1.59. The molecular weight excluding hydrogens is 425 g/mol. The molecule has 1 unspecified atom stereocenters. The number of benzene rings is 2. The van der Waals surface area contributed by atoms with Gasteiger partial charge in [0.1, 0.15) is 23.9 Å². The first kappa shape index (κ1) is 24.3. The lowest BCUT2D eigenvalue weighted by atomic mass is 9.86. The molecule has 0 bridgehead atoms. The van der Waals surface area contributed by atoms with Gasteiger partial charge in [-0.15, -0.1) is 0 Å². The van der Waals surface area contributed by atoms with Crippen LogP contribution in [-0.4, -0.2) is 12.1 Å². The summed E-state index contributed by atoms with van der Waals surface area (Å²) in [6.07, 6.45) is 6.41. The Morgan fingerprint density at radius 2 is 1.85 bits per heavy atom. The van der Waals surface area contributed by atoms with Crippen LogP contribution >= 0.6 is 0 Å². The first-order chi connectivity index (χ1) is 16.3. The minimum absolute atomic E-state index is 0.0254. The average molecular weight is 462 g/mol. The highest BCUT2D eigenvalue weighted by Gasteiger charge is 2.31. The molecule has 1 fully saturated rings. The molecule has 1 heterocycles. The fraction of sp³-hybridized carbons (Fsp3) is 0.433. The number of nitrogens with zero attached hydrogens (tertiary/aromatic N) is 1.